The second kappa shape index (κ2) is 29.3. The predicted molar refractivity (Wildman–Crippen MR) is 306 cm³/mol. The predicted octanol–water partition coefficient (Wildman–Crippen LogP) is 16.0. The van der Waals surface area contributed by atoms with Gasteiger partial charge in [0.05, 0.1) is 11.1 Å². The molecule has 0 aliphatic heterocycles. The molecule has 0 spiro atoms. The average Bonchev–Trinajstić information content (AvgIpc) is 3.40. The van der Waals surface area contributed by atoms with Crippen molar-refractivity contribution in [1.82, 2.24) is 0 Å². The Balaban J connectivity index is 0.791. The molecular weight excluding hydrogens is 889 g/mol. The molecule has 8 heteroatoms. The molecule has 0 amide bonds. The number of allylic oxidation sites excluding steroid dienone is 4. The van der Waals surface area contributed by atoms with Crippen molar-refractivity contribution >= 4 is 45.5 Å². The number of hydrogen-bond acceptors (Lipinski definition) is 8. The molecule has 2 atom stereocenters. The first-order valence-electron chi connectivity index (χ1n) is 28.4. The third-order valence-corrected chi connectivity index (χ3v) is 15.3. The zero-order valence-corrected chi connectivity index (χ0v) is 45.3. The molecule has 0 saturated heterocycles. The molecule has 0 saturated carbocycles. The van der Waals surface area contributed by atoms with Gasteiger partial charge in [-0.1, -0.05) is 166 Å². The zero-order valence-electron chi connectivity index (χ0n) is 45.3. The van der Waals surface area contributed by atoms with E-state index in [9.17, 15) is 19.8 Å². The Bertz CT molecular complexity index is 2140. The minimum absolute atomic E-state index is 0.00402. The van der Waals surface area contributed by atoms with E-state index in [0.717, 1.165) is 137 Å². The molecular formula is C64H90N4O4. The van der Waals surface area contributed by atoms with Crippen molar-refractivity contribution in [1.29, 1.82) is 0 Å². The summed E-state index contributed by atoms with van der Waals surface area (Å²) < 4.78 is 0. The number of carbonyl (C=O) groups is 2. The number of anilines is 4. The highest BCUT2D eigenvalue weighted by atomic mass is 16.3. The van der Waals surface area contributed by atoms with Gasteiger partial charge in [0, 0.05) is 76.1 Å². The largest absolute Gasteiger partial charge is 0.510 e. The number of hydrogen-bond donors (Lipinski definition) is 2. The lowest BCUT2D eigenvalue weighted by atomic mass is 9.75. The van der Waals surface area contributed by atoms with Gasteiger partial charge in [-0.25, -0.2) is 0 Å². The van der Waals surface area contributed by atoms with E-state index in [0.29, 0.717) is 11.1 Å². The van der Waals surface area contributed by atoms with Gasteiger partial charge in [0.15, 0.2) is 11.6 Å². The molecule has 72 heavy (non-hydrogen) atoms. The third kappa shape index (κ3) is 15.0. The van der Waals surface area contributed by atoms with Crippen LogP contribution in [-0.2, 0) is 9.59 Å². The summed E-state index contributed by atoms with van der Waals surface area (Å²) in [5.41, 5.74) is 8.85. The summed E-state index contributed by atoms with van der Waals surface area (Å²) in [7, 11) is 4.28. The van der Waals surface area contributed by atoms with Crippen LogP contribution in [0.5, 0.6) is 0 Å². The maximum absolute atomic E-state index is 13.4. The number of aliphatic hydroxyl groups is 2. The van der Waals surface area contributed by atoms with Crippen LogP contribution in [0.15, 0.2) is 109 Å². The van der Waals surface area contributed by atoms with Crippen LogP contribution in [0.3, 0.4) is 0 Å². The number of benzene rings is 4. The summed E-state index contributed by atoms with van der Waals surface area (Å²) in [6, 6.07) is 32.7. The summed E-state index contributed by atoms with van der Waals surface area (Å²) >= 11 is 0. The quantitative estimate of drug-likeness (QED) is 0.0441. The highest BCUT2D eigenvalue weighted by molar-refractivity contribution is 6.32. The lowest BCUT2D eigenvalue weighted by molar-refractivity contribution is -0.117. The molecule has 2 N–H and O–H groups in total. The normalized spacial score (nSPS) is 15.5. The minimum atomic E-state index is -0.569. The Morgan fingerprint density at radius 2 is 0.611 bits per heavy atom. The second-order valence-electron chi connectivity index (χ2n) is 20.9. The van der Waals surface area contributed by atoms with E-state index in [4.69, 9.17) is 0 Å². The molecule has 2 aliphatic rings. The fourth-order valence-corrected chi connectivity index (χ4v) is 10.5. The maximum atomic E-state index is 13.4. The van der Waals surface area contributed by atoms with E-state index < -0.39 is 11.8 Å². The number of Topliss-reactive ketones (excluding diaryl/α,β-unsaturated/α-hetero) is 2. The molecule has 6 rings (SSSR count). The number of unbranched alkanes of at least 4 members (excludes halogenated alkanes) is 15. The van der Waals surface area contributed by atoms with Gasteiger partial charge in [-0.3, -0.25) is 9.59 Å². The maximum Gasteiger partial charge on any atom is 0.181 e. The molecule has 2 unspecified atom stereocenters. The van der Waals surface area contributed by atoms with E-state index in [1.807, 2.05) is 48.5 Å². The molecule has 0 heterocycles. The van der Waals surface area contributed by atoms with Gasteiger partial charge >= 0.3 is 0 Å². The summed E-state index contributed by atoms with van der Waals surface area (Å²) in [4.78, 5) is 36.2. The fourth-order valence-electron chi connectivity index (χ4n) is 10.5. The monoisotopic (exact) mass is 979 g/mol. The molecule has 4 aromatic rings. The second-order valence-corrected chi connectivity index (χ2v) is 20.9. The lowest BCUT2D eigenvalue weighted by Crippen LogP contribution is -2.29. The fraction of sp³-hybridized carbons (Fsp3) is 0.531. The SMILES string of the molecule is CCCCN(CCCC)c1ccc(C2C(=O)C(c3ccc(N(C)CCCCCCCCCCCCCCN(C)c4ccc(C5=C(O)C(c6ccc(N(CCCC)CCCC)cc6)C5=O)cc4)cc3)=C2O)cc1. The number of nitrogens with zero attached hydrogens (tertiary/aromatic N) is 4. The van der Waals surface area contributed by atoms with E-state index in [-0.39, 0.29) is 23.1 Å². The topological polar surface area (TPSA) is 87.6 Å². The van der Waals surface area contributed by atoms with Crippen molar-refractivity contribution in [2.45, 2.75) is 168 Å². The van der Waals surface area contributed by atoms with Gasteiger partial charge in [0.25, 0.3) is 0 Å². The summed E-state index contributed by atoms with van der Waals surface area (Å²) in [5.74, 6) is -0.779. The van der Waals surface area contributed by atoms with Crippen LogP contribution in [0.2, 0.25) is 0 Å². The molecule has 8 nitrogen and oxygen atoms in total. The highest BCUT2D eigenvalue weighted by Crippen LogP contribution is 2.45. The van der Waals surface area contributed by atoms with E-state index in [2.05, 4.69) is 110 Å². The molecule has 2 aliphatic carbocycles. The van der Waals surface area contributed by atoms with Gasteiger partial charge in [-0.15, -0.1) is 0 Å². The number of aliphatic hydroxyl groups excluding tert-OH is 2. The third-order valence-electron chi connectivity index (χ3n) is 15.3. The number of ketones is 2. The first kappa shape index (κ1) is 55.8. The van der Waals surface area contributed by atoms with Crippen LogP contribution in [0.4, 0.5) is 22.7 Å². The van der Waals surface area contributed by atoms with E-state index in [1.54, 1.807) is 0 Å². The standard InChI is InChI=1S/C64H90N4O4/c1-7-11-45-67(46-12-8-2)55-39-31-51(32-40-55)59-61(69)57(62(59)70)49-27-35-53(36-28-49)65(5)43-25-23-21-19-17-15-16-18-20-22-24-26-44-66(6)54-37-29-50(30-38-54)58-63(71)60(64(58)72)52-33-41-56(42-34-52)68(47-13-9-3)48-14-10-4/h27-42,59-60,69,71H,7-26,43-48H2,1-6H3. The summed E-state index contributed by atoms with van der Waals surface area (Å²) in [6.45, 7) is 15.1. The van der Waals surface area contributed by atoms with E-state index in [1.165, 1.54) is 75.6 Å². The lowest BCUT2D eigenvalue weighted by Gasteiger charge is -2.30. The van der Waals surface area contributed by atoms with Crippen molar-refractivity contribution in [2.75, 3.05) is 73.0 Å². The van der Waals surface area contributed by atoms with Gasteiger partial charge < -0.3 is 29.8 Å². The number of rotatable bonds is 35. The van der Waals surface area contributed by atoms with Gasteiger partial charge in [0.2, 0.25) is 0 Å². The van der Waals surface area contributed by atoms with Crippen molar-refractivity contribution in [3.63, 3.8) is 0 Å². The molecule has 0 bridgehead atoms. The first-order chi connectivity index (χ1) is 35.1. The van der Waals surface area contributed by atoms with Crippen LogP contribution in [-0.4, -0.2) is 75.1 Å². The van der Waals surface area contributed by atoms with Crippen molar-refractivity contribution in [3.05, 3.63) is 131 Å². The number of carbonyl (C=O) groups excluding carboxylic acids is 2. The average molecular weight is 979 g/mol. The highest BCUT2D eigenvalue weighted by Gasteiger charge is 2.42. The molecule has 4 aromatic carbocycles. The van der Waals surface area contributed by atoms with Crippen molar-refractivity contribution in [3.8, 4) is 0 Å². The van der Waals surface area contributed by atoms with Crippen LogP contribution in [0.25, 0.3) is 11.1 Å². The first-order valence-corrected chi connectivity index (χ1v) is 28.4. The van der Waals surface area contributed by atoms with Crippen LogP contribution in [0.1, 0.15) is 190 Å². The summed E-state index contributed by atoms with van der Waals surface area (Å²) in [5, 5.41) is 22.2. The van der Waals surface area contributed by atoms with Gasteiger partial charge in [-0.2, -0.15) is 0 Å². The zero-order chi connectivity index (χ0) is 51.2. The van der Waals surface area contributed by atoms with Crippen LogP contribution >= 0.6 is 0 Å². The Labute approximate surface area is 435 Å². The Hall–Kier alpha value is -5.50. The molecule has 0 radical (unpaired) electrons. The van der Waals surface area contributed by atoms with Gasteiger partial charge in [-0.05, 0) is 109 Å². The molecule has 390 valence electrons. The van der Waals surface area contributed by atoms with E-state index >= 15 is 0 Å². The molecule has 0 aromatic heterocycles. The Kier molecular flexibility index (Phi) is 22.7. The van der Waals surface area contributed by atoms with Crippen LogP contribution in [0, 0.1) is 0 Å². The smallest absolute Gasteiger partial charge is 0.181 e. The molecule has 0 fully saturated rings. The van der Waals surface area contributed by atoms with Crippen molar-refractivity contribution in [2.24, 2.45) is 0 Å². The van der Waals surface area contributed by atoms with Gasteiger partial charge in [0.1, 0.15) is 23.4 Å². The summed E-state index contributed by atoms with van der Waals surface area (Å²) in [6.07, 6.45) is 24.6. The Morgan fingerprint density at radius 1 is 0.347 bits per heavy atom. The van der Waals surface area contributed by atoms with Crippen LogP contribution < -0.4 is 19.6 Å². The van der Waals surface area contributed by atoms with Crippen molar-refractivity contribution < 1.29 is 19.8 Å². The minimum Gasteiger partial charge on any atom is -0.510 e. The Morgan fingerprint density at radius 3 is 0.875 bits per heavy atom.